The highest BCUT2D eigenvalue weighted by atomic mass is 32.1. The summed E-state index contributed by atoms with van der Waals surface area (Å²) >= 11 is 1.55. The monoisotopic (exact) mass is 419 g/mol. The standard InChI is InChI=1S/C22H18FN5OS/c1-12-7-17(14(3)28(12)22-19(10-25)13(2)15(4)30-22)11-26-27-21(29)18-6-5-16(9-24)8-20(18)23/h5-8,11H,1-4H3,(H,27,29). The molecule has 0 aliphatic rings. The van der Waals surface area contributed by atoms with Gasteiger partial charge in [0.2, 0.25) is 0 Å². The van der Waals surface area contributed by atoms with Crippen molar-refractivity contribution in [1.82, 2.24) is 9.99 Å². The predicted molar refractivity (Wildman–Crippen MR) is 113 cm³/mol. The molecule has 0 radical (unpaired) electrons. The average Bonchev–Trinajstić information content (AvgIpc) is 3.15. The number of amides is 1. The molecule has 1 N–H and O–H groups in total. The zero-order valence-corrected chi connectivity index (χ0v) is 17.7. The minimum atomic E-state index is -0.785. The van der Waals surface area contributed by atoms with E-state index in [0.29, 0.717) is 5.56 Å². The zero-order valence-electron chi connectivity index (χ0n) is 16.9. The van der Waals surface area contributed by atoms with Crippen molar-refractivity contribution >= 4 is 23.5 Å². The Hall–Kier alpha value is -3.75. The Labute approximate surface area is 177 Å². The minimum absolute atomic E-state index is 0.135. The molecule has 0 spiro atoms. The molecule has 8 heteroatoms. The topological polar surface area (TPSA) is 94.0 Å². The van der Waals surface area contributed by atoms with Crippen molar-refractivity contribution in [2.24, 2.45) is 5.10 Å². The quantitative estimate of drug-likeness (QED) is 0.501. The summed E-state index contributed by atoms with van der Waals surface area (Å²) < 4.78 is 16.0. The van der Waals surface area contributed by atoms with Crippen molar-refractivity contribution in [1.29, 1.82) is 10.5 Å². The van der Waals surface area contributed by atoms with E-state index in [9.17, 15) is 14.4 Å². The summed E-state index contributed by atoms with van der Waals surface area (Å²) in [7, 11) is 0. The summed E-state index contributed by atoms with van der Waals surface area (Å²) in [5.41, 5.74) is 6.42. The maximum atomic E-state index is 14.0. The molecule has 0 aliphatic heterocycles. The number of hydrazone groups is 1. The van der Waals surface area contributed by atoms with Gasteiger partial charge in [0.25, 0.3) is 5.91 Å². The number of thiophene rings is 1. The van der Waals surface area contributed by atoms with E-state index in [-0.39, 0.29) is 11.1 Å². The molecule has 30 heavy (non-hydrogen) atoms. The lowest BCUT2D eigenvalue weighted by Crippen LogP contribution is -2.19. The van der Waals surface area contributed by atoms with Gasteiger partial charge in [-0.2, -0.15) is 15.6 Å². The molecule has 2 aromatic heterocycles. The molecule has 0 saturated carbocycles. The summed E-state index contributed by atoms with van der Waals surface area (Å²) in [6.07, 6.45) is 1.48. The second-order valence-electron chi connectivity index (χ2n) is 6.74. The highest BCUT2D eigenvalue weighted by Crippen LogP contribution is 2.33. The number of rotatable bonds is 4. The van der Waals surface area contributed by atoms with Crippen LogP contribution in [0.5, 0.6) is 0 Å². The number of benzene rings is 1. The third-order valence-corrected chi connectivity index (χ3v) is 6.06. The number of halogens is 1. The Bertz CT molecular complexity index is 1270. The fourth-order valence-electron chi connectivity index (χ4n) is 3.12. The Balaban J connectivity index is 1.86. The molecular weight excluding hydrogens is 401 g/mol. The Morgan fingerprint density at radius 1 is 1.20 bits per heavy atom. The van der Waals surface area contributed by atoms with Crippen LogP contribution in [0.1, 0.15) is 48.9 Å². The van der Waals surface area contributed by atoms with E-state index in [0.717, 1.165) is 38.5 Å². The number of aromatic nitrogens is 1. The average molecular weight is 419 g/mol. The van der Waals surface area contributed by atoms with E-state index in [1.54, 1.807) is 11.3 Å². The first-order valence-electron chi connectivity index (χ1n) is 9.01. The Morgan fingerprint density at radius 2 is 1.93 bits per heavy atom. The van der Waals surface area contributed by atoms with Gasteiger partial charge in [-0.05, 0) is 57.5 Å². The lowest BCUT2D eigenvalue weighted by Gasteiger charge is -2.07. The molecule has 3 rings (SSSR count). The maximum absolute atomic E-state index is 14.0. The number of nitrogens with zero attached hydrogens (tertiary/aromatic N) is 4. The number of aryl methyl sites for hydroxylation is 2. The molecule has 3 aromatic rings. The SMILES string of the molecule is Cc1sc(-n2c(C)cc(C=NNC(=O)c3ccc(C#N)cc3F)c2C)c(C#N)c1C. The molecule has 1 aromatic carbocycles. The van der Waals surface area contributed by atoms with E-state index in [2.05, 4.69) is 16.6 Å². The molecule has 1 amide bonds. The molecular formula is C22H18FN5OS. The van der Waals surface area contributed by atoms with Crippen molar-refractivity contribution in [2.75, 3.05) is 0 Å². The molecule has 0 bridgehead atoms. The second kappa shape index (κ2) is 8.32. The van der Waals surface area contributed by atoms with Gasteiger partial charge in [0.15, 0.2) is 0 Å². The number of nitrogens with one attached hydrogen (secondary N) is 1. The van der Waals surface area contributed by atoms with Crippen LogP contribution < -0.4 is 5.43 Å². The molecule has 0 unspecified atom stereocenters. The number of nitriles is 2. The normalized spacial score (nSPS) is 10.8. The van der Waals surface area contributed by atoms with Gasteiger partial charge in [-0.3, -0.25) is 4.79 Å². The van der Waals surface area contributed by atoms with Crippen molar-refractivity contribution in [3.63, 3.8) is 0 Å². The number of carbonyl (C=O) groups is 1. The largest absolute Gasteiger partial charge is 0.308 e. The maximum Gasteiger partial charge on any atom is 0.274 e. The van der Waals surface area contributed by atoms with Gasteiger partial charge in [0, 0.05) is 21.8 Å². The highest BCUT2D eigenvalue weighted by Gasteiger charge is 2.18. The van der Waals surface area contributed by atoms with Crippen LogP contribution in [-0.4, -0.2) is 16.7 Å². The van der Waals surface area contributed by atoms with Gasteiger partial charge in [-0.15, -0.1) is 11.3 Å². The van der Waals surface area contributed by atoms with Gasteiger partial charge >= 0.3 is 0 Å². The third kappa shape index (κ3) is 3.73. The molecule has 0 aliphatic carbocycles. The van der Waals surface area contributed by atoms with Gasteiger partial charge < -0.3 is 4.57 Å². The predicted octanol–water partition coefficient (Wildman–Crippen LogP) is 4.42. The van der Waals surface area contributed by atoms with E-state index in [4.69, 9.17) is 5.26 Å². The molecule has 0 atom stereocenters. The number of hydrogen-bond donors (Lipinski definition) is 1. The van der Waals surface area contributed by atoms with Crippen LogP contribution in [0.25, 0.3) is 5.00 Å². The van der Waals surface area contributed by atoms with E-state index >= 15 is 0 Å². The van der Waals surface area contributed by atoms with Crippen molar-refractivity contribution in [3.05, 3.63) is 74.2 Å². The lowest BCUT2D eigenvalue weighted by molar-refractivity contribution is 0.0951. The zero-order chi connectivity index (χ0) is 22.0. The molecule has 2 heterocycles. The summed E-state index contributed by atoms with van der Waals surface area (Å²) in [4.78, 5) is 13.3. The van der Waals surface area contributed by atoms with Crippen molar-refractivity contribution < 1.29 is 9.18 Å². The van der Waals surface area contributed by atoms with Crippen LogP contribution in [0.3, 0.4) is 0 Å². The van der Waals surface area contributed by atoms with Crippen LogP contribution in [0.4, 0.5) is 4.39 Å². The number of hydrogen-bond acceptors (Lipinski definition) is 5. The van der Waals surface area contributed by atoms with Crippen molar-refractivity contribution in [3.8, 4) is 17.1 Å². The van der Waals surface area contributed by atoms with Crippen LogP contribution in [0, 0.1) is 56.2 Å². The van der Waals surface area contributed by atoms with E-state index in [1.807, 2.05) is 44.4 Å². The molecule has 0 fully saturated rings. The van der Waals surface area contributed by atoms with Gasteiger partial charge in [-0.25, -0.2) is 9.82 Å². The second-order valence-corrected chi connectivity index (χ2v) is 7.95. The lowest BCUT2D eigenvalue weighted by atomic mass is 10.1. The van der Waals surface area contributed by atoms with Crippen LogP contribution in [-0.2, 0) is 0 Å². The number of carbonyl (C=O) groups excluding carboxylic acids is 1. The third-order valence-electron chi connectivity index (χ3n) is 4.86. The van der Waals surface area contributed by atoms with Gasteiger partial charge in [-0.1, -0.05) is 0 Å². The Kier molecular flexibility index (Phi) is 5.81. The van der Waals surface area contributed by atoms with E-state index < -0.39 is 11.7 Å². The first-order valence-corrected chi connectivity index (χ1v) is 9.82. The first-order chi connectivity index (χ1) is 14.3. The summed E-state index contributed by atoms with van der Waals surface area (Å²) in [6, 6.07) is 9.62. The van der Waals surface area contributed by atoms with E-state index in [1.165, 1.54) is 18.3 Å². The molecule has 150 valence electrons. The minimum Gasteiger partial charge on any atom is -0.308 e. The molecule has 0 saturated heterocycles. The van der Waals surface area contributed by atoms with Gasteiger partial charge in [0.1, 0.15) is 16.9 Å². The molecule has 6 nitrogen and oxygen atoms in total. The van der Waals surface area contributed by atoms with Crippen LogP contribution in [0.15, 0.2) is 29.4 Å². The highest BCUT2D eigenvalue weighted by molar-refractivity contribution is 7.14. The Morgan fingerprint density at radius 3 is 2.57 bits per heavy atom. The van der Waals surface area contributed by atoms with Crippen LogP contribution in [0.2, 0.25) is 0 Å². The smallest absolute Gasteiger partial charge is 0.274 e. The first kappa shape index (κ1) is 21.0. The van der Waals surface area contributed by atoms with Crippen LogP contribution >= 0.6 is 11.3 Å². The van der Waals surface area contributed by atoms with Crippen molar-refractivity contribution in [2.45, 2.75) is 27.7 Å². The fourth-order valence-corrected chi connectivity index (χ4v) is 4.34. The summed E-state index contributed by atoms with van der Waals surface area (Å²) in [5, 5.41) is 23.1. The fraction of sp³-hybridized carbons (Fsp3) is 0.182. The summed E-state index contributed by atoms with van der Waals surface area (Å²) in [5.74, 6) is -1.49. The van der Waals surface area contributed by atoms with Gasteiger partial charge in [0.05, 0.1) is 29.0 Å². The summed E-state index contributed by atoms with van der Waals surface area (Å²) in [6.45, 7) is 7.75.